The number of sulfonamides is 1. The standard InChI is InChI=1S/C12H20N2O2S/c1-10-5-6-11(2)12(9-10)17(15,16)14-8-4-3-7-13/h5-6,9,14H,3-4,7-8,13H2,1-2H3. The van der Waals surface area contributed by atoms with Crippen LogP contribution in [-0.2, 0) is 10.0 Å². The summed E-state index contributed by atoms with van der Waals surface area (Å²) in [7, 11) is -3.38. The minimum absolute atomic E-state index is 0.366. The molecule has 0 amide bonds. The molecular weight excluding hydrogens is 236 g/mol. The highest BCUT2D eigenvalue weighted by atomic mass is 32.2. The van der Waals surface area contributed by atoms with E-state index in [4.69, 9.17) is 5.73 Å². The summed E-state index contributed by atoms with van der Waals surface area (Å²) < 4.78 is 26.6. The first-order chi connectivity index (χ1) is 7.97. The first-order valence-electron chi connectivity index (χ1n) is 5.74. The van der Waals surface area contributed by atoms with Crippen LogP contribution >= 0.6 is 0 Å². The Morgan fingerprint density at radius 2 is 1.94 bits per heavy atom. The summed E-state index contributed by atoms with van der Waals surface area (Å²) in [6.45, 7) is 4.71. The molecule has 96 valence electrons. The molecule has 0 aromatic heterocycles. The van der Waals surface area contributed by atoms with Crippen LogP contribution in [0.25, 0.3) is 0 Å². The van der Waals surface area contributed by atoms with Crippen molar-refractivity contribution in [2.24, 2.45) is 5.73 Å². The fourth-order valence-corrected chi connectivity index (χ4v) is 2.95. The largest absolute Gasteiger partial charge is 0.330 e. The summed E-state index contributed by atoms with van der Waals surface area (Å²) in [6, 6.07) is 5.42. The van der Waals surface area contributed by atoms with Crippen molar-refractivity contribution >= 4 is 10.0 Å². The smallest absolute Gasteiger partial charge is 0.240 e. The van der Waals surface area contributed by atoms with Crippen molar-refractivity contribution in [3.63, 3.8) is 0 Å². The van der Waals surface area contributed by atoms with E-state index in [1.54, 1.807) is 13.0 Å². The summed E-state index contributed by atoms with van der Waals surface area (Å²) in [5.74, 6) is 0. The van der Waals surface area contributed by atoms with Gasteiger partial charge in [-0.05, 0) is 50.4 Å². The van der Waals surface area contributed by atoms with Crippen molar-refractivity contribution < 1.29 is 8.42 Å². The van der Waals surface area contributed by atoms with E-state index in [1.807, 2.05) is 19.1 Å². The number of nitrogens with one attached hydrogen (secondary N) is 1. The van der Waals surface area contributed by atoms with E-state index >= 15 is 0 Å². The first kappa shape index (κ1) is 14.2. The highest BCUT2D eigenvalue weighted by Gasteiger charge is 2.15. The third kappa shape index (κ3) is 4.11. The van der Waals surface area contributed by atoms with E-state index in [9.17, 15) is 8.42 Å². The molecular formula is C12H20N2O2S. The van der Waals surface area contributed by atoms with Crippen molar-refractivity contribution in [1.82, 2.24) is 4.72 Å². The third-order valence-electron chi connectivity index (χ3n) is 2.56. The maximum atomic E-state index is 12.0. The maximum absolute atomic E-state index is 12.0. The lowest BCUT2D eigenvalue weighted by Gasteiger charge is -2.09. The molecule has 0 aliphatic carbocycles. The lowest BCUT2D eigenvalue weighted by Crippen LogP contribution is -2.26. The molecule has 1 aromatic rings. The highest BCUT2D eigenvalue weighted by molar-refractivity contribution is 7.89. The quantitative estimate of drug-likeness (QED) is 0.754. The Bertz CT molecular complexity index is 469. The van der Waals surface area contributed by atoms with E-state index < -0.39 is 10.0 Å². The van der Waals surface area contributed by atoms with E-state index in [0.29, 0.717) is 18.0 Å². The highest BCUT2D eigenvalue weighted by Crippen LogP contribution is 2.16. The predicted octanol–water partition coefficient (Wildman–Crippen LogP) is 1.32. The number of hydrogen-bond donors (Lipinski definition) is 2. The van der Waals surface area contributed by atoms with E-state index in [1.165, 1.54) is 0 Å². The van der Waals surface area contributed by atoms with Gasteiger partial charge in [0.25, 0.3) is 0 Å². The molecule has 0 heterocycles. The van der Waals surface area contributed by atoms with Crippen LogP contribution in [0.1, 0.15) is 24.0 Å². The van der Waals surface area contributed by atoms with Gasteiger partial charge in [-0.25, -0.2) is 13.1 Å². The molecule has 0 radical (unpaired) electrons. The Kier molecular flexibility index (Phi) is 5.11. The fourth-order valence-electron chi connectivity index (χ4n) is 1.55. The van der Waals surface area contributed by atoms with Gasteiger partial charge in [0.1, 0.15) is 0 Å². The van der Waals surface area contributed by atoms with Crippen LogP contribution in [0.5, 0.6) is 0 Å². The van der Waals surface area contributed by atoms with Crippen molar-refractivity contribution in [3.8, 4) is 0 Å². The third-order valence-corrected chi connectivity index (χ3v) is 4.16. The minimum atomic E-state index is -3.38. The molecule has 3 N–H and O–H groups in total. The molecule has 0 aliphatic heterocycles. The SMILES string of the molecule is Cc1ccc(C)c(S(=O)(=O)NCCCCN)c1. The molecule has 0 atom stereocenters. The number of rotatable bonds is 6. The van der Waals surface area contributed by atoms with Gasteiger partial charge in [-0.3, -0.25) is 0 Å². The first-order valence-corrected chi connectivity index (χ1v) is 7.22. The van der Waals surface area contributed by atoms with Crippen LogP contribution in [0, 0.1) is 13.8 Å². The Labute approximate surface area is 103 Å². The number of hydrogen-bond acceptors (Lipinski definition) is 3. The maximum Gasteiger partial charge on any atom is 0.240 e. The predicted molar refractivity (Wildman–Crippen MR) is 69.4 cm³/mol. The van der Waals surface area contributed by atoms with Crippen LogP contribution in [0.3, 0.4) is 0 Å². The second-order valence-electron chi connectivity index (χ2n) is 4.16. The Balaban J connectivity index is 2.79. The topological polar surface area (TPSA) is 72.2 Å². The van der Waals surface area contributed by atoms with Gasteiger partial charge in [0.2, 0.25) is 10.0 Å². The number of nitrogens with two attached hydrogens (primary N) is 1. The Morgan fingerprint density at radius 1 is 1.24 bits per heavy atom. The molecule has 5 heteroatoms. The fraction of sp³-hybridized carbons (Fsp3) is 0.500. The zero-order valence-electron chi connectivity index (χ0n) is 10.4. The lowest BCUT2D eigenvalue weighted by molar-refractivity contribution is 0.576. The van der Waals surface area contributed by atoms with Crippen molar-refractivity contribution in [2.45, 2.75) is 31.6 Å². The lowest BCUT2D eigenvalue weighted by atomic mass is 10.2. The second-order valence-corrected chi connectivity index (χ2v) is 5.90. The molecule has 0 saturated heterocycles. The minimum Gasteiger partial charge on any atom is -0.330 e. The van der Waals surface area contributed by atoms with Gasteiger partial charge in [0, 0.05) is 6.54 Å². The summed E-state index contributed by atoms with van der Waals surface area (Å²) in [4.78, 5) is 0.366. The molecule has 0 bridgehead atoms. The zero-order valence-corrected chi connectivity index (χ0v) is 11.2. The van der Waals surface area contributed by atoms with Crippen LogP contribution in [0.4, 0.5) is 0 Å². The number of unbranched alkanes of at least 4 members (excludes halogenated alkanes) is 1. The molecule has 0 aliphatic rings. The molecule has 1 rings (SSSR count). The van der Waals surface area contributed by atoms with Gasteiger partial charge in [0.15, 0.2) is 0 Å². The molecule has 17 heavy (non-hydrogen) atoms. The average Bonchev–Trinajstić information content (AvgIpc) is 2.28. The normalized spacial score (nSPS) is 11.7. The van der Waals surface area contributed by atoms with Crippen molar-refractivity contribution in [1.29, 1.82) is 0 Å². The van der Waals surface area contributed by atoms with Crippen LogP contribution in [-0.4, -0.2) is 21.5 Å². The summed E-state index contributed by atoms with van der Waals surface area (Å²) in [6.07, 6.45) is 1.59. The van der Waals surface area contributed by atoms with Gasteiger partial charge in [-0.1, -0.05) is 12.1 Å². The molecule has 0 fully saturated rings. The van der Waals surface area contributed by atoms with Crippen LogP contribution < -0.4 is 10.5 Å². The van der Waals surface area contributed by atoms with Gasteiger partial charge < -0.3 is 5.73 Å². The van der Waals surface area contributed by atoms with Crippen molar-refractivity contribution in [2.75, 3.05) is 13.1 Å². The molecule has 0 spiro atoms. The Hall–Kier alpha value is -0.910. The van der Waals surface area contributed by atoms with Crippen LogP contribution in [0.15, 0.2) is 23.1 Å². The number of aryl methyl sites for hydroxylation is 2. The van der Waals surface area contributed by atoms with Gasteiger partial charge >= 0.3 is 0 Å². The number of benzene rings is 1. The van der Waals surface area contributed by atoms with Crippen LogP contribution in [0.2, 0.25) is 0 Å². The summed E-state index contributed by atoms with van der Waals surface area (Å²) >= 11 is 0. The zero-order chi connectivity index (χ0) is 12.9. The monoisotopic (exact) mass is 256 g/mol. The van der Waals surface area contributed by atoms with Gasteiger partial charge in [-0.2, -0.15) is 0 Å². The molecule has 4 nitrogen and oxygen atoms in total. The van der Waals surface area contributed by atoms with Gasteiger partial charge in [0.05, 0.1) is 4.90 Å². The second kappa shape index (κ2) is 6.14. The molecule has 0 saturated carbocycles. The summed E-state index contributed by atoms with van der Waals surface area (Å²) in [5, 5.41) is 0. The molecule has 1 aromatic carbocycles. The van der Waals surface area contributed by atoms with Crippen molar-refractivity contribution in [3.05, 3.63) is 29.3 Å². The Morgan fingerprint density at radius 3 is 2.59 bits per heavy atom. The van der Waals surface area contributed by atoms with Gasteiger partial charge in [-0.15, -0.1) is 0 Å². The summed E-state index contributed by atoms with van der Waals surface area (Å²) in [5.41, 5.74) is 7.06. The average molecular weight is 256 g/mol. The molecule has 0 unspecified atom stereocenters. The van der Waals surface area contributed by atoms with E-state index in [-0.39, 0.29) is 0 Å². The van der Waals surface area contributed by atoms with E-state index in [0.717, 1.165) is 24.0 Å². The van der Waals surface area contributed by atoms with E-state index in [2.05, 4.69) is 4.72 Å².